The number of hydrogen-bond acceptors (Lipinski definition) is 3. The molecule has 3 rings (SSSR count). The van der Waals surface area contributed by atoms with Crippen LogP contribution in [0.15, 0.2) is 48.5 Å². The maximum Gasteiger partial charge on any atom is 0.254 e. The molecule has 0 bridgehead atoms. The summed E-state index contributed by atoms with van der Waals surface area (Å²) in [5, 5.41) is 2.84. The van der Waals surface area contributed by atoms with Gasteiger partial charge in [-0.3, -0.25) is 9.59 Å². The van der Waals surface area contributed by atoms with Crippen LogP contribution in [0.5, 0.6) is 5.75 Å². The first-order valence-electron chi connectivity index (χ1n) is 9.54. The van der Waals surface area contributed by atoms with Crippen molar-refractivity contribution in [3.63, 3.8) is 0 Å². The van der Waals surface area contributed by atoms with Crippen LogP contribution in [0.2, 0.25) is 0 Å². The van der Waals surface area contributed by atoms with Crippen LogP contribution in [-0.4, -0.2) is 41.9 Å². The predicted octanol–water partition coefficient (Wildman–Crippen LogP) is 3.65. The molecule has 0 aromatic heterocycles. The summed E-state index contributed by atoms with van der Waals surface area (Å²) < 4.78 is 19.3. The molecular weight excluding hydrogens is 359 g/mol. The number of carbonyl (C=O) groups is 2. The Hall–Kier alpha value is -2.89. The molecule has 1 aliphatic rings. The maximum atomic E-state index is 13.4. The lowest BCUT2D eigenvalue weighted by atomic mass is 10.1. The van der Waals surface area contributed by atoms with Crippen LogP contribution < -0.4 is 10.1 Å². The van der Waals surface area contributed by atoms with Gasteiger partial charge in [0.15, 0.2) is 0 Å². The predicted molar refractivity (Wildman–Crippen MR) is 105 cm³/mol. The minimum atomic E-state index is -0.417. The fourth-order valence-electron chi connectivity index (χ4n) is 3.30. The molecule has 1 saturated heterocycles. The minimum absolute atomic E-state index is 0.0558. The number of amides is 2. The first-order valence-corrected chi connectivity index (χ1v) is 9.54. The molecule has 0 saturated carbocycles. The molecule has 0 unspecified atom stereocenters. The Bertz CT molecular complexity index is 836. The van der Waals surface area contributed by atoms with E-state index in [-0.39, 0.29) is 23.9 Å². The lowest BCUT2D eigenvalue weighted by Crippen LogP contribution is -2.39. The minimum Gasteiger partial charge on any atom is -0.491 e. The molecule has 1 N–H and O–H groups in total. The van der Waals surface area contributed by atoms with E-state index in [1.165, 1.54) is 12.1 Å². The molecule has 0 aliphatic carbocycles. The van der Waals surface area contributed by atoms with E-state index in [2.05, 4.69) is 5.32 Å². The van der Waals surface area contributed by atoms with Gasteiger partial charge in [-0.15, -0.1) is 0 Å². The number of benzene rings is 2. The molecule has 1 heterocycles. The molecule has 5 nitrogen and oxygen atoms in total. The summed E-state index contributed by atoms with van der Waals surface area (Å²) in [6, 6.07) is 12.7. The lowest BCUT2D eigenvalue weighted by Gasteiger charge is -2.25. The van der Waals surface area contributed by atoms with Crippen molar-refractivity contribution in [2.24, 2.45) is 0 Å². The Morgan fingerprint density at radius 1 is 1.18 bits per heavy atom. The molecule has 0 radical (unpaired) electrons. The van der Waals surface area contributed by atoms with Gasteiger partial charge in [-0.1, -0.05) is 6.07 Å². The van der Waals surface area contributed by atoms with E-state index >= 15 is 0 Å². The van der Waals surface area contributed by atoms with Gasteiger partial charge < -0.3 is 15.0 Å². The second kappa shape index (κ2) is 8.87. The van der Waals surface area contributed by atoms with Crippen LogP contribution in [0, 0.1) is 5.82 Å². The molecule has 0 spiro atoms. The fourth-order valence-corrected chi connectivity index (χ4v) is 3.30. The van der Waals surface area contributed by atoms with E-state index < -0.39 is 5.82 Å². The standard InChI is InChI=1S/C22H25FN2O3/c1-15(2)24-21(26)16-8-10-20(11-9-16)28-14-19-7-4-12-25(19)22(27)17-5-3-6-18(23)13-17/h3,5-6,8-11,13,15,19H,4,7,12,14H2,1-2H3,(H,24,26)/t19-/m0/s1. The monoisotopic (exact) mass is 384 g/mol. The van der Waals surface area contributed by atoms with Crippen molar-refractivity contribution in [3.05, 3.63) is 65.5 Å². The summed E-state index contributed by atoms with van der Waals surface area (Å²) in [6.07, 6.45) is 1.74. The van der Waals surface area contributed by atoms with Crippen LogP contribution in [0.1, 0.15) is 47.4 Å². The molecule has 2 aromatic rings. The number of nitrogens with one attached hydrogen (secondary N) is 1. The Morgan fingerprint density at radius 2 is 1.93 bits per heavy atom. The molecule has 1 fully saturated rings. The third kappa shape index (κ3) is 4.88. The third-order valence-electron chi connectivity index (χ3n) is 4.69. The summed E-state index contributed by atoms with van der Waals surface area (Å²) in [4.78, 5) is 26.4. The highest BCUT2D eigenvalue weighted by atomic mass is 19.1. The number of nitrogens with zero attached hydrogens (tertiary/aromatic N) is 1. The van der Waals surface area contributed by atoms with Crippen LogP contribution in [0.3, 0.4) is 0 Å². The van der Waals surface area contributed by atoms with Crippen molar-refractivity contribution in [1.82, 2.24) is 10.2 Å². The summed E-state index contributed by atoms with van der Waals surface area (Å²) in [5.74, 6) is -0.0684. The van der Waals surface area contributed by atoms with E-state index in [1.807, 2.05) is 13.8 Å². The smallest absolute Gasteiger partial charge is 0.254 e. The molecule has 28 heavy (non-hydrogen) atoms. The largest absolute Gasteiger partial charge is 0.491 e. The molecule has 2 amide bonds. The number of hydrogen-bond donors (Lipinski definition) is 1. The summed E-state index contributed by atoms with van der Waals surface area (Å²) in [7, 11) is 0. The van der Waals surface area contributed by atoms with Crippen molar-refractivity contribution in [3.8, 4) is 5.75 Å². The van der Waals surface area contributed by atoms with Crippen molar-refractivity contribution in [1.29, 1.82) is 0 Å². The Kier molecular flexibility index (Phi) is 6.29. The van der Waals surface area contributed by atoms with Gasteiger partial charge >= 0.3 is 0 Å². The van der Waals surface area contributed by atoms with Gasteiger partial charge in [0.1, 0.15) is 18.2 Å². The Balaban J connectivity index is 1.59. The highest BCUT2D eigenvalue weighted by molar-refractivity contribution is 5.95. The molecule has 1 atom stereocenters. The van der Waals surface area contributed by atoms with Gasteiger partial charge in [0.05, 0.1) is 6.04 Å². The van der Waals surface area contributed by atoms with E-state index in [4.69, 9.17) is 4.74 Å². The third-order valence-corrected chi connectivity index (χ3v) is 4.69. The summed E-state index contributed by atoms with van der Waals surface area (Å²) >= 11 is 0. The van der Waals surface area contributed by atoms with E-state index in [0.29, 0.717) is 30.0 Å². The topological polar surface area (TPSA) is 58.6 Å². The fraction of sp³-hybridized carbons (Fsp3) is 0.364. The molecule has 148 valence electrons. The zero-order chi connectivity index (χ0) is 20.1. The van der Waals surface area contributed by atoms with Crippen molar-refractivity contribution < 1.29 is 18.7 Å². The number of likely N-dealkylation sites (tertiary alicyclic amines) is 1. The second-order valence-corrected chi connectivity index (χ2v) is 7.27. The summed E-state index contributed by atoms with van der Waals surface area (Å²) in [5.41, 5.74) is 0.928. The van der Waals surface area contributed by atoms with Crippen LogP contribution >= 0.6 is 0 Å². The van der Waals surface area contributed by atoms with Crippen LogP contribution in [0.4, 0.5) is 4.39 Å². The highest BCUT2D eigenvalue weighted by Crippen LogP contribution is 2.22. The van der Waals surface area contributed by atoms with Crippen molar-refractivity contribution in [2.45, 2.75) is 38.8 Å². The zero-order valence-electron chi connectivity index (χ0n) is 16.2. The van der Waals surface area contributed by atoms with Crippen LogP contribution in [-0.2, 0) is 0 Å². The molecule has 1 aliphatic heterocycles. The average Bonchev–Trinajstić information content (AvgIpc) is 3.14. The quantitative estimate of drug-likeness (QED) is 0.827. The Labute approximate surface area is 164 Å². The van der Waals surface area contributed by atoms with Gasteiger partial charge in [0.2, 0.25) is 0 Å². The van der Waals surface area contributed by atoms with Gasteiger partial charge in [-0.25, -0.2) is 4.39 Å². The van der Waals surface area contributed by atoms with E-state index in [9.17, 15) is 14.0 Å². The first kappa shape index (κ1) is 19.9. The zero-order valence-corrected chi connectivity index (χ0v) is 16.2. The van der Waals surface area contributed by atoms with Gasteiger partial charge in [-0.05, 0) is 69.2 Å². The highest BCUT2D eigenvalue weighted by Gasteiger charge is 2.30. The SMILES string of the molecule is CC(C)NC(=O)c1ccc(OC[C@@H]2CCCN2C(=O)c2cccc(F)c2)cc1. The molecular formula is C22H25FN2O3. The van der Waals surface area contributed by atoms with Gasteiger partial charge in [0, 0.05) is 23.7 Å². The average molecular weight is 384 g/mol. The molecule has 2 aromatic carbocycles. The number of halogens is 1. The van der Waals surface area contributed by atoms with Crippen molar-refractivity contribution in [2.75, 3.05) is 13.2 Å². The molecule has 6 heteroatoms. The van der Waals surface area contributed by atoms with E-state index in [1.54, 1.807) is 41.3 Å². The summed E-state index contributed by atoms with van der Waals surface area (Å²) in [6.45, 7) is 4.82. The number of carbonyl (C=O) groups excluding carboxylic acids is 2. The normalized spacial score (nSPS) is 16.3. The maximum absolute atomic E-state index is 13.4. The number of rotatable bonds is 6. The second-order valence-electron chi connectivity index (χ2n) is 7.27. The Morgan fingerprint density at radius 3 is 2.61 bits per heavy atom. The lowest BCUT2D eigenvalue weighted by molar-refractivity contribution is 0.0690. The van der Waals surface area contributed by atoms with E-state index in [0.717, 1.165) is 12.8 Å². The van der Waals surface area contributed by atoms with Crippen LogP contribution in [0.25, 0.3) is 0 Å². The number of ether oxygens (including phenoxy) is 1. The van der Waals surface area contributed by atoms with Crippen molar-refractivity contribution >= 4 is 11.8 Å². The first-order chi connectivity index (χ1) is 13.4. The van der Waals surface area contributed by atoms with Gasteiger partial charge in [-0.2, -0.15) is 0 Å². The van der Waals surface area contributed by atoms with Gasteiger partial charge in [0.25, 0.3) is 11.8 Å².